The van der Waals surface area contributed by atoms with Crippen LogP contribution in [0.5, 0.6) is 0 Å². The van der Waals surface area contributed by atoms with Crippen LogP contribution in [0.4, 0.5) is 13.2 Å². The Morgan fingerprint density at radius 3 is 2.36 bits per heavy atom. The third-order valence-corrected chi connectivity index (χ3v) is 3.45. The highest BCUT2D eigenvalue weighted by molar-refractivity contribution is 5.92. The highest BCUT2D eigenvalue weighted by Gasteiger charge is 2.35. The normalized spacial score (nSPS) is 16.7. The molecule has 1 aliphatic rings. The van der Waals surface area contributed by atoms with E-state index in [0.717, 1.165) is 6.07 Å². The van der Waals surface area contributed by atoms with Crippen LogP contribution in [0.2, 0.25) is 0 Å². The first kappa shape index (κ1) is 16.7. The molecule has 0 aliphatic carbocycles. The minimum atomic E-state index is -4.68. The van der Waals surface area contributed by atoms with Gasteiger partial charge in [-0.3, -0.25) is 4.79 Å². The Hall–Kier alpha value is -1.67. The maximum absolute atomic E-state index is 13.0. The Bertz CT molecular complexity index is 529. The van der Waals surface area contributed by atoms with E-state index in [9.17, 15) is 23.1 Å². The number of pyridine rings is 1. The topological polar surface area (TPSA) is 65.5 Å². The molecule has 0 aromatic carbocycles. The fraction of sp³-hybridized carbons (Fsp3) is 0.571. The summed E-state index contributed by atoms with van der Waals surface area (Å²) in [6.45, 7) is 4.72. The largest absolute Gasteiger partial charge is 0.433 e. The van der Waals surface area contributed by atoms with E-state index in [0.29, 0.717) is 26.2 Å². The van der Waals surface area contributed by atoms with Crippen molar-refractivity contribution in [1.82, 2.24) is 15.2 Å². The average molecular weight is 317 g/mol. The van der Waals surface area contributed by atoms with Crippen LogP contribution in [0.1, 0.15) is 35.6 Å². The molecule has 0 radical (unpaired) electrons. The molecule has 5 nitrogen and oxygen atoms in total. The summed E-state index contributed by atoms with van der Waals surface area (Å²) in [6, 6.07) is 1.99. The first-order valence-electron chi connectivity index (χ1n) is 6.91. The number of amides is 1. The lowest BCUT2D eigenvalue weighted by molar-refractivity contribution is -0.141. The zero-order chi connectivity index (χ0) is 16.5. The Morgan fingerprint density at radius 1 is 1.27 bits per heavy atom. The van der Waals surface area contributed by atoms with Crippen LogP contribution in [-0.4, -0.2) is 47.1 Å². The van der Waals surface area contributed by atoms with Gasteiger partial charge in [0.2, 0.25) is 0 Å². The summed E-state index contributed by atoms with van der Waals surface area (Å²) in [5, 5.41) is 13.0. The van der Waals surface area contributed by atoms with Gasteiger partial charge in [0, 0.05) is 26.2 Å². The third-order valence-electron chi connectivity index (χ3n) is 3.45. The molecule has 0 unspecified atom stereocenters. The second kappa shape index (κ2) is 5.85. The van der Waals surface area contributed by atoms with Gasteiger partial charge in [0.05, 0.1) is 5.60 Å². The Balaban J connectivity index is 2.43. The number of nitrogens with zero attached hydrogens (tertiary/aromatic N) is 2. The second-order valence-electron chi connectivity index (χ2n) is 5.73. The summed E-state index contributed by atoms with van der Waals surface area (Å²) in [5.74, 6) is -0.557. The average Bonchev–Trinajstić information content (AvgIpc) is 2.45. The Labute approximate surface area is 126 Å². The zero-order valence-electron chi connectivity index (χ0n) is 12.4. The van der Waals surface area contributed by atoms with Gasteiger partial charge in [0.25, 0.3) is 5.91 Å². The van der Waals surface area contributed by atoms with Crippen molar-refractivity contribution in [3.05, 3.63) is 29.1 Å². The van der Waals surface area contributed by atoms with Crippen molar-refractivity contribution in [2.24, 2.45) is 0 Å². The van der Waals surface area contributed by atoms with Gasteiger partial charge in [-0.25, -0.2) is 4.98 Å². The van der Waals surface area contributed by atoms with E-state index in [1.807, 2.05) is 0 Å². The van der Waals surface area contributed by atoms with E-state index < -0.39 is 23.4 Å². The highest BCUT2D eigenvalue weighted by Crippen LogP contribution is 2.31. The molecule has 0 saturated carbocycles. The van der Waals surface area contributed by atoms with Gasteiger partial charge in [-0.1, -0.05) is 0 Å². The molecule has 0 spiro atoms. The van der Waals surface area contributed by atoms with Gasteiger partial charge in [-0.15, -0.1) is 0 Å². The van der Waals surface area contributed by atoms with Crippen molar-refractivity contribution in [2.45, 2.75) is 25.6 Å². The lowest BCUT2D eigenvalue weighted by Crippen LogP contribution is -2.46. The molecule has 1 aliphatic heterocycles. The van der Waals surface area contributed by atoms with Gasteiger partial charge in [-0.05, 0) is 31.5 Å². The summed E-state index contributed by atoms with van der Waals surface area (Å²) in [7, 11) is 0. The summed E-state index contributed by atoms with van der Waals surface area (Å²) in [4.78, 5) is 17.2. The van der Waals surface area contributed by atoms with E-state index in [-0.39, 0.29) is 11.3 Å². The van der Waals surface area contributed by atoms with Crippen molar-refractivity contribution < 1.29 is 23.1 Å². The number of rotatable bonds is 2. The van der Waals surface area contributed by atoms with Crippen LogP contribution < -0.4 is 5.32 Å². The van der Waals surface area contributed by atoms with Crippen LogP contribution in [0.25, 0.3) is 0 Å². The number of alkyl halides is 3. The molecule has 1 saturated heterocycles. The molecule has 1 aromatic rings. The molecule has 2 rings (SSSR count). The number of halogens is 3. The Morgan fingerprint density at radius 2 is 1.86 bits per heavy atom. The van der Waals surface area contributed by atoms with E-state index >= 15 is 0 Å². The minimum absolute atomic E-state index is 0.00769. The third kappa shape index (κ3) is 3.75. The van der Waals surface area contributed by atoms with Crippen LogP contribution in [0, 0.1) is 0 Å². The SMILES string of the molecule is CC(C)(O)c1cc(C(=O)N2CCNCC2)nc(C(F)(F)F)c1. The van der Waals surface area contributed by atoms with Crippen molar-refractivity contribution in [3.63, 3.8) is 0 Å². The molecule has 0 bridgehead atoms. The van der Waals surface area contributed by atoms with Crippen molar-refractivity contribution >= 4 is 5.91 Å². The maximum atomic E-state index is 13.0. The molecule has 1 fully saturated rings. The number of carbonyl (C=O) groups excluding carboxylic acids is 1. The number of hydrogen-bond acceptors (Lipinski definition) is 4. The predicted molar refractivity (Wildman–Crippen MR) is 73.3 cm³/mol. The fourth-order valence-corrected chi connectivity index (χ4v) is 2.17. The van der Waals surface area contributed by atoms with Crippen molar-refractivity contribution in [2.75, 3.05) is 26.2 Å². The number of carbonyl (C=O) groups is 1. The second-order valence-corrected chi connectivity index (χ2v) is 5.73. The van der Waals surface area contributed by atoms with Gasteiger partial charge < -0.3 is 15.3 Å². The maximum Gasteiger partial charge on any atom is 0.433 e. The first-order valence-corrected chi connectivity index (χ1v) is 6.91. The minimum Gasteiger partial charge on any atom is -0.386 e. The van der Waals surface area contributed by atoms with E-state index in [2.05, 4.69) is 10.3 Å². The lowest BCUT2D eigenvalue weighted by atomic mass is 9.97. The molecule has 2 N–H and O–H groups in total. The molecule has 1 aromatic heterocycles. The van der Waals surface area contributed by atoms with Crippen LogP contribution in [-0.2, 0) is 11.8 Å². The number of aromatic nitrogens is 1. The number of hydrogen-bond donors (Lipinski definition) is 2. The van der Waals surface area contributed by atoms with E-state index in [1.165, 1.54) is 24.8 Å². The summed E-state index contributed by atoms with van der Waals surface area (Å²) in [5.41, 5.74) is -2.96. The molecule has 22 heavy (non-hydrogen) atoms. The van der Waals surface area contributed by atoms with Crippen LogP contribution in [0.15, 0.2) is 12.1 Å². The number of piperazine rings is 1. The van der Waals surface area contributed by atoms with Crippen molar-refractivity contribution in [3.8, 4) is 0 Å². The highest BCUT2D eigenvalue weighted by atomic mass is 19.4. The van der Waals surface area contributed by atoms with Gasteiger partial charge in [0.15, 0.2) is 0 Å². The van der Waals surface area contributed by atoms with Gasteiger partial charge in [0.1, 0.15) is 11.4 Å². The predicted octanol–water partition coefficient (Wildman–Crippen LogP) is 1.37. The summed E-state index contributed by atoms with van der Waals surface area (Å²) >= 11 is 0. The molecule has 2 heterocycles. The quantitative estimate of drug-likeness (QED) is 0.865. The fourth-order valence-electron chi connectivity index (χ4n) is 2.17. The molecule has 0 atom stereocenters. The van der Waals surface area contributed by atoms with Gasteiger partial charge in [-0.2, -0.15) is 13.2 Å². The molecular formula is C14H18F3N3O2. The molecule has 1 amide bonds. The standard InChI is InChI=1S/C14H18F3N3O2/c1-13(2,22)9-7-10(19-11(8-9)14(15,16)17)12(21)20-5-3-18-4-6-20/h7-8,18,22H,3-6H2,1-2H3. The van der Waals surface area contributed by atoms with Crippen LogP contribution in [0.3, 0.4) is 0 Å². The van der Waals surface area contributed by atoms with Crippen LogP contribution >= 0.6 is 0 Å². The van der Waals surface area contributed by atoms with E-state index in [4.69, 9.17) is 0 Å². The first-order chi connectivity index (χ1) is 10.1. The molecular weight excluding hydrogens is 299 g/mol. The summed E-state index contributed by atoms with van der Waals surface area (Å²) < 4.78 is 38.9. The van der Waals surface area contributed by atoms with Gasteiger partial charge >= 0.3 is 6.18 Å². The monoisotopic (exact) mass is 317 g/mol. The molecule has 122 valence electrons. The van der Waals surface area contributed by atoms with Crippen molar-refractivity contribution in [1.29, 1.82) is 0 Å². The summed E-state index contributed by atoms with van der Waals surface area (Å²) in [6.07, 6.45) is -4.68. The van der Waals surface area contributed by atoms with E-state index in [1.54, 1.807) is 0 Å². The number of nitrogens with one attached hydrogen (secondary N) is 1. The molecule has 8 heteroatoms. The lowest BCUT2D eigenvalue weighted by Gasteiger charge is -2.28. The Kier molecular flexibility index (Phi) is 4.44. The zero-order valence-corrected chi connectivity index (χ0v) is 12.4. The smallest absolute Gasteiger partial charge is 0.386 e. The number of aliphatic hydroxyl groups is 1.